The van der Waals surface area contributed by atoms with Crippen molar-refractivity contribution in [1.29, 1.82) is 0 Å². The summed E-state index contributed by atoms with van der Waals surface area (Å²) < 4.78 is 1.57. The van der Waals surface area contributed by atoms with Crippen molar-refractivity contribution in [3.8, 4) is 0 Å². The number of aromatic nitrogens is 2. The summed E-state index contributed by atoms with van der Waals surface area (Å²) in [5.41, 5.74) is 0.0799. The van der Waals surface area contributed by atoms with Gasteiger partial charge >= 0.3 is 5.69 Å². The summed E-state index contributed by atoms with van der Waals surface area (Å²) in [7, 11) is 1.73. The molecule has 2 rings (SSSR count). The molecule has 0 spiro atoms. The van der Waals surface area contributed by atoms with Crippen molar-refractivity contribution < 1.29 is 4.92 Å². The molecular weight excluding hydrogens is 210 g/mol. The van der Waals surface area contributed by atoms with Crippen LogP contribution >= 0.6 is 0 Å². The Bertz CT molecular complexity index is 403. The predicted molar refractivity (Wildman–Crippen MR) is 59.5 cm³/mol. The maximum Gasteiger partial charge on any atom is 0.331 e. The van der Waals surface area contributed by atoms with Crippen molar-refractivity contribution in [2.45, 2.75) is 13.0 Å². The summed E-state index contributed by atoms with van der Waals surface area (Å²) in [5.74, 6) is 0.596. The molecule has 0 saturated carbocycles. The molecule has 1 aliphatic rings. The number of anilines is 1. The molecule has 0 radical (unpaired) electrons. The predicted octanol–water partition coefficient (Wildman–Crippen LogP) is 0.126. The first-order valence-electron chi connectivity index (χ1n) is 5.25. The lowest BCUT2D eigenvalue weighted by Gasteiger charge is -2.34. The second-order valence-corrected chi connectivity index (χ2v) is 3.98. The molecule has 0 bridgehead atoms. The van der Waals surface area contributed by atoms with E-state index in [1.54, 1.807) is 11.7 Å². The minimum absolute atomic E-state index is 0.0799. The Morgan fingerprint density at radius 2 is 2.44 bits per heavy atom. The molecule has 1 aromatic rings. The Kier molecular flexibility index (Phi) is 2.78. The lowest BCUT2D eigenvalue weighted by atomic mass is 10.2. The Hall–Kier alpha value is -1.63. The van der Waals surface area contributed by atoms with Gasteiger partial charge in [0.25, 0.3) is 0 Å². The fraction of sp³-hybridized carbons (Fsp3) is 0.667. The van der Waals surface area contributed by atoms with E-state index < -0.39 is 0 Å². The van der Waals surface area contributed by atoms with Gasteiger partial charge in [0.05, 0.1) is 4.92 Å². The third kappa shape index (κ3) is 1.73. The molecule has 7 heteroatoms. The molecule has 1 fully saturated rings. The van der Waals surface area contributed by atoms with Crippen LogP contribution in [0.2, 0.25) is 0 Å². The van der Waals surface area contributed by atoms with E-state index in [9.17, 15) is 10.1 Å². The molecule has 1 saturated heterocycles. The van der Waals surface area contributed by atoms with Crippen molar-refractivity contribution in [2.24, 2.45) is 7.05 Å². The van der Waals surface area contributed by atoms with Gasteiger partial charge < -0.3 is 10.2 Å². The highest BCUT2D eigenvalue weighted by Crippen LogP contribution is 2.28. The Labute approximate surface area is 93.2 Å². The van der Waals surface area contributed by atoms with Gasteiger partial charge in [-0.2, -0.15) is 5.10 Å². The van der Waals surface area contributed by atoms with Crippen molar-refractivity contribution >= 4 is 11.5 Å². The summed E-state index contributed by atoms with van der Waals surface area (Å²) in [4.78, 5) is 12.5. The maximum atomic E-state index is 10.9. The summed E-state index contributed by atoms with van der Waals surface area (Å²) in [6.45, 7) is 4.49. The lowest BCUT2D eigenvalue weighted by molar-refractivity contribution is -0.384. The molecule has 7 nitrogen and oxygen atoms in total. The molecule has 2 heterocycles. The van der Waals surface area contributed by atoms with Crippen LogP contribution in [0.4, 0.5) is 11.5 Å². The first kappa shape index (κ1) is 10.9. The summed E-state index contributed by atoms with van der Waals surface area (Å²) >= 11 is 0. The van der Waals surface area contributed by atoms with Crippen molar-refractivity contribution in [1.82, 2.24) is 15.1 Å². The number of nitrogens with one attached hydrogen (secondary N) is 1. The molecule has 1 atom stereocenters. The van der Waals surface area contributed by atoms with E-state index in [0.29, 0.717) is 5.82 Å². The standard InChI is InChI=1S/C9H15N5O2/c1-7-5-10-3-4-13(7)9-8(14(15)16)6-11-12(9)2/h6-7,10H,3-5H2,1-2H3. The number of nitro groups is 1. The van der Waals surface area contributed by atoms with Crippen LogP contribution in [0.3, 0.4) is 0 Å². The number of aryl methyl sites for hydroxylation is 1. The van der Waals surface area contributed by atoms with Gasteiger partial charge in [-0.1, -0.05) is 0 Å². The van der Waals surface area contributed by atoms with Crippen LogP contribution in [0.5, 0.6) is 0 Å². The number of hydrogen-bond acceptors (Lipinski definition) is 5. The summed E-state index contributed by atoms with van der Waals surface area (Å²) in [5, 5.41) is 18.1. The van der Waals surface area contributed by atoms with Crippen LogP contribution < -0.4 is 10.2 Å². The zero-order chi connectivity index (χ0) is 11.7. The van der Waals surface area contributed by atoms with Gasteiger partial charge in [-0.05, 0) is 6.92 Å². The highest BCUT2D eigenvalue weighted by Gasteiger charge is 2.29. The van der Waals surface area contributed by atoms with Crippen molar-refractivity contribution in [2.75, 3.05) is 24.5 Å². The average Bonchev–Trinajstić information content (AvgIpc) is 2.61. The fourth-order valence-electron chi connectivity index (χ4n) is 2.04. The number of hydrogen-bond donors (Lipinski definition) is 1. The topological polar surface area (TPSA) is 76.2 Å². The summed E-state index contributed by atoms with van der Waals surface area (Å²) in [6, 6.07) is 0.239. The van der Waals surface area contributed by atoms with E-state index in [1.807, 2.05) is 11.8 Å². The molecular formula is C9H15N5O2. The molecule has 0 aromatic carbocycles. The minimum Gasteiger partial charge on any atom is -0.346 e. The Morgan fingerprint density at radius 3 is 3.06 bits per heavy atom. The van der Waals surface area contributed by atoms with Crippen LogP contribution in [0.25, 0.3) is 0 Å². The number of nitrogens with zero attached hydrogens (tertiary/aromatic N) is 4. The normalized spacial score (nSPS) is 21.1. The summed E-state index contributed by atoms with van der Waals surface area (Å²) in [6.07, 6.45) is 1.31. The van der Waals surface area contributed by atoms with Gasteiger partial charge in [-0.25, -0.2) is 4.68 Å². The van der Waals surface area contributed by atoms with E-state index in [-0.39, 0.29) is 16.7 Å². The number of piperazine rings is 1. The highest BCUT2D eigenvalue weighted by molar-refractivity contribution is 5.58. The van der Waals surface area contributed by atoms with E-state index in [1.165, 1.54) is 6.20 Å². The van der Waals surface area contributed by atoms with Gasteiger partial charge in [0.15, 0.2) is 0 Å². The molecule has 88 valence electrons. The van der Waals surface area contributed by atoms with Gasteiger partial charge in [0.1, 0.15) is 6.20 Å². The largest absolute Gasteiger partial charge is 0.346 e. The van der Waals surface area contributed by atoms with E-state index in [4.69, 9.17) is 0 Å². The molecule has 1 unspecified atom stereocenters. The monoisotopic (exact) mass is 225 g/mol. The molecule has 16 heavy (non-hydrogen) atoms. The average molecular weight is 225 g/mol. The number of rotatable bonds is 2. The highest BCUT2D eigenvalue weighted by atomic mass is 16.6. The van der Waals surface area contributed by atoms with Crippen LogP contribution in [-0.4, -0.2) is 40.4 Å². The molecule has 1 aliphatic heterocycles. The van der Waals surface area contributed by atoms with Gasteiger partial charge in [-0.15, -0.1) is 0 Å². The third-order valence-corrected chi connectivity index (χ3v) is 2.86. The smallest absolute Gasteiger partial charge is 0.331 e. The molecule has 0 aliphatic carbocycles. The second-order valence-electron chi connectivity index (χ2n) is 3.98. The van der Waals surface area contributed by atoms with Crippen LogP contribution in [0, 0.1) is 10.1 Å². The quantitative estimate of drug-likeness (QED) is 0.571. The molecule has 1 N–H and O–H groups in total. The van der Waals surface area contributed by atoms with Crippen LogP contribution in [0.1, 0.15) is 6.92 Å². The van der Waals surface area contributed by atoms with Crippen molar-refractivity contribution in [3.05, 3.63) is 16.3 Å². The van der Waals surface area contributed by atoms with Gasteiger partial charge in [0, 0.05) is 32.7 Å². The van der Waals surface area contributed by atoms with E-state index in [0.717, 1.165) is 19.6 Å². The van der Waals surface area contributed by atoms with Crippen molar-refractivity contribution in [3.63, 3.8) is 0 Å². The Balaban J connectivity index is 2.37. The second kappa shape index (κ2) is 4.09. The minimum atomic E-state index is -0.378. The van der Waals surface area contributed by atoms with Crippen LogP contribution in [0.15, 0.2) is 6.20 Å². The first-order chi connectivity index (χ1) is 7.61. The van der Waals surface area contributed by atoms with E-state index >= 15 is 0 Å². The van der Waals surface area contributed by atoms with Gasteiger partial charge in [-0.3, -0.25) is 10.1 Å². The van der Waals surface area contributed by atoms with E-state index in [2.05, 4.69) is 10.4 Å². The molecule has 1 aromatic heterocycles. The van der Waals surface area contributed by atoms with Crippen LogP contribution in [-0.2, 0) is 7.05 Å². The third-order valence-electron chi connectivity index (χ3n) is 2.86. The first-order valence-corrected chi connectivity index (χ1v) is 5.25. The SMILES string of the molecule is CC1CNCCN1c1c([N+](=O)[O-])cnn1C. The zero-order valence-corrected chi connectivity index (χ0v) is 9.38. The Morgan fingerprint density at radius 1 is 1.69 bits per heavy atom. The molecule has 0 amide bonds. The lowest BCUT2D eigenvalue weighted by Crippen LogP contribution is -2.50. The maximum absolute atomic E-state index is 10.9. The van der Waals surface area contributed by atoms with Gasteiger partial charge in [0.2, 0.25) is 5.82 Å². The fourth-order valence-corrected chi connectivity index (χ4v) is 2.04. The zero-order valence-electron chi connectivity index (χ0n) is 9.38.